The van der Waals surface area contributed by atoms with Gasteiger partial charge in [0, 0.05) is 5.75 Å². The maximum Gasteiger partial charge on any atom is 0.166 e. The number of rotatable bonds is 7. The van der Waals surface area contributed by atoms with Crippen LogP contribution in [0.15, 0.2) is 106 Å². The third-order valence-corrected chi connectivity index (χ3v) is 6.95. The van der Waals surface area contributed by atoms with Crippen molar-refractivity contribution in [2.45, 2.75) is 40.9 Å². The molecule has 0 fully saturated rings. The summed E-state index contributed by atoms with van der Waals surface area (Å²) in [6, 6.07) is 32.2. The first-order valence-corrected chi connectivity index (χ1v) is 12.1. The summed E-state index contributed by atoms with van der Waals surface area (Å²) in [4.78, 5) is 4.08. The summed E-state index contributed by atoms with van der Waals surface area (Å²) >= 11 is 0. The number of hydrogen-bond donors (Lipinski definition) is 0. The molecule has 0 spiro atoms. The largest absolute Gasteiger partial charge is 0.748 e. The van der Waals surface area contributed by atoms with Gasteiger partial charge in [0.2, 0.25) is 0 Å². The van der Waals surface area contributed by atoms with E-state index < -0.39 is 10.1 Å². The second kappa shape index (κ2) is 11.7. The Hall–Kier alpha value is -2.08. The van der Waals surface area contributed by atoms with Crippen molar-refractivity contribution in [3.05, 3.63) is 91.0 Å². The molecule has 0 aliphatic rings. The average Bonchev–Trinajstić information content (AvgIpc) is 2.71. The van der Waals surface area contributed by atoms with Gasteiger partial charge in [0.15, 0.2) is 14.7 Å². The molecule has 0 heterocycles. The Balaban J connectivity index is 0.000000266. The van der Waals surface area contributed by atoms with Gasteiger partial charge in [-0.2, -0.15) is 0 Å². The summed E-state index contributed by atoms with van der Waals surface area (Å²) in [5, 5.41) is 0. The van der Waals surface area contributed by atoms with Gasteiger partial charge >= 0.3 is 0 Å². The zero-order valence-corrected chi connectivity index (χ0v) is 17.7. The molecule has 3 rings (SSSR count). The molecule has 5 heteroatoms. The summed E-state index contributed by atoms with van der Waals surface area (Å²) in [5.74, 6) is -0.208. The van der Waals surface area contributed by atoms with Gasteiger partial charge in [-0.15, -0.1) is 0 Å². The molecule has 0 amide bonds. The highest BCUT2D eigenvalue weighted by Gasteiger charge is 2.27. The van der Waals surface area contributed by atoms with Crippen molar-refractivity contribution in [3.8, 4) is 0 Å². The molecular formula is C23H26O3S2. The highest BCUT2D eigenvalue weighted by atomic mass is 32.2. The van der Waals surface area contributed by atoms with Crippen LogP contribution in [0, 0.1) is 0 Å². The van der Waals surface area contributed by atoms with Crippen LogP contribution in [0.1, 0.15) is 26.2 Å². The fourth-order valence-electron chi connectivity index (χ4n) is 2.61. The molecule has 0 radical (unpaired) electrons. The topological polar surface area (TPSA) is 57.2 Å². The highest BCUT2D eigenvalue weighted by molar-refractivity contribution is 7.97. The van der Waals surface area contributed by atoms with Crippen LogP contribution < -0.4 is 0 Å². The van der Waals surface area contributed by atoms with Crippen LogP contribution >= 0.6 is 0 Å². The predicted molar refractivity (Wildman–Crippen MR) is 116 cm³/mol. The predicted octanol–water partition coefficient (Wildman–Crippen LogP) is 5.50. The summed E-state index contributed by atoms with van der Waals surface area (Å²) in [7, 11) is -3.96. The van der Waals surface area contributed by atoms with Crippen molar-refractivity contribution in [1.82, 2.24) is 0 Å². The Morgan fingerprint density at radius 1 is 0.679 bits per heavy atom. The van der Waals surface area contributed by atoms with E-state index in [1.54, 1.807) is 0 Å². The first-order chi connectivity index (χ1) is 13.5. The first kappa shape index (κ1) is 22.2. The minimum atomic E-state index is -3.95. The fourth-order valence-corrected chi connectivity index (χ4v) is 5.27. The lowest BCUT2D eigenvalue weighted by molar-refractivity contribution is 0.460. The highest BCUT2D eigenvalue weighted by Crippen LogP contribution is 2.30. The maximum atomic E-state index is 9.95. The quantitative estimate of drug-likeness (QED) is 0.291. The van der Waals surface area contributed by atoms with Crippen LogP contribution in [0.2, 0.25) is 0 Å². The summed E-state index contributed by atoms with van der Waals surface area (Å²) < 4.78 is 29.9. The van der Waals surface area contributed by atoms with E-state index in [-0.39, 0.29) is 16.6 Å². The maximum absolute atomic E-state index is 9.95. The van der Waals surface area contributed by atoms with Crippen LogP contribution in [0.3, 0.4) is 0 Å². The molecule has 3 aromatic rings. The Morgan fingerprint density at radius 3 is 1.32 bits per heavy atom. The van der Waals surface area contributed by atoms with Crippen molar-refractivity contribution >= 4 is 21.0 Å². The van der Waals surface area contributed by atoms with Crippen molar-refractivity contribution in [2.75, 3.05) is 5.75 Å². The molecule has 0 N–H and O–H groups in total. The van der Waals surface area contributed by atoms with E-state index in [4.69, 9.17) is 0 Å². The third-order valence-electron chi connectivity index (χ3n) is 3.93. The van der Waals surface area contributed by atoms with Gasteiger partial charge in [-0.1, -0.05) is 74.4 Å². The molecule has 3 aromatic carbocycles. The molecule has 0 saturated carbocycles. The molecule has 0 atom stereocenters. The van der Waals surface area contributed by atoms with Crippen molar-refractivity contribution < 1.29 is 13.0 Å². The van der Waals surface area contributed by atoms with Gasteiger partial charge in [-0.3, -0.25) is 0 Å². The second-order valence-corrected chi connectivity index (χ2v) is 9.76. The molecule has 28 heavy (non-hydrogen) atoms. The van der Waals surface area contributed by atoms with E-state index in [1.165, 1.54) is 14.7 Å². The number of benzene rings is 3. The number of unbranched alkanes of at least 4 members (excludes halogenated alkanes) is 2. The van der Waals surface area contributed by atoms with E-state index >= 15 is 0 Å². The zero-order valence-electron chi connectivity index (χ0n) is 16.0. The molecule has 3 nitrogen and oxygen atoms in total. The van der Waals surface area contributed by atoms with Gasteiger partial charge in [0.25, 0.3) is 0 Å². The molecule has 0 bridgehead atoms. The Bertz CT molecular complexity index is 802. The molecule has 0 aliphatic heterocycles. The molecule has 148 valence electrons. The van der Waals surface area contributed by atoms with E-state index in [0.29, 0.717) is 6.42 Å². The summed E-state index contributed by atoms with van der Waals surface area (Å²) in [6.45, 7) is 1.96. The van der Waals surface area contributed by atoms with Crippen molar-refractivity contribution in [1.29, 1.82) is 0 Å². The van der Waals surface area contributed by atoms with Gasteiger partial charge in [0.05, 0.1) is 21.0 Å². The Labute approximate surface area is 171 Å². The smallest absolute Gasteiger partial charge is 0.166 e. The van der Waals surface area contributed by atoms with Crippen LogP contribution in [0.4, 0.5) is 0 Å². The second-order valence-electron chi connectivity index (χ2n) is 6.21. The molecule has 0 aliphatic carbocycles. The normalized spacial score (nSPS) is 11.0. The van der Waals surface area contributed by atoms with Crippen LogP contribution in [-0.2, 0) is 21.0 Å². The lowest BCUT2D eigenvalue weighted by Crippen LogP contribution is -2.04. The van der Waals surface area contributed by atoms with E-state index in [2.05, 4.69) is 91.0 Å². The molecular weight excluding hydrogens is 388 g/mol. The minimum absolute atomic E-state index is 0.0146. The van der Waals surface area contributed by atoms with Gasteiger partial charge < -0.3 is 4.55 Å². The van der Waals surface area contributed by atoms with Gasteiger partial charge in [-0.05, 0) is 42.8 Å². The average molecular weight is 415 g/mol. The van der Waals surface area contributed by atoms with E-state index in [9.17, 15) is 13.0 Å². The fraction of sp³-hybridized carbons (Fsp3) is 0.217. The summed E-state index contributed by atoms with van der Waals surface area (Å²) in [5.41, 5.74) is 0. The van der Waals surface area contributed by atoms with Crippen LogP contribution in [0.5, 0.6) is 0 Å². The lowest BCUT2D eigenvalue weighted by Gasteiger charge is -2.07. The third kappa shape index (κ3) is 7.89. The molecule has 0 aromatic heterocycles. The number of hydrogen-bond acceptors (Lipinski definition) is 3. The zero-order chi connectivity index (χ0) is 20.2. The minimum Gasteiger partial charge on any atom is -0.748 e. The van der Waals surface area contributed by atoms with Crippen molar-refractivity contribution in [3.63, 3.8) is 0 Å². The van der Waals surface area contributed by atoms with E-state index in [0.717, 1.165) is 12.8 Å². The SMILES string of the molecule is CCCCCS(=O)(=O)[O-].c1ccc([S+](c2ccccc2)c2ccccc2)cc1. The molecule has 0 unspecified atom stereocenters. The Kier molecular flexibility index (Phi) is 9.28. The van der Waals surface area contributed by atoms with Crippen molar-refractivity contribution in [2.24, 2.45) is 0 Å². The lowest BCUT2D eigenvalue weighted by atomic mass is 10.3. The van der Waals surface area contributed by atoms with Gasteiger partial charge in [0.1, 0.15) is 0 Å². The van der Waals surface area contributed by atoms with Crippen LogP contribution in [-0.4, -0.2) is 18.7 Å². The van der Waals surface area contributed by atoms with E-state index in [1.807, 2.05) is 6.92 Å². The standard InChI is InChI=1S/C18H15S.C5H12O3S/c1-4-10-16(11-5-1)19(17-12-6-2-7-13-17)18-14-8-3-9-15-18;1-2-3-4-5-9(6,7)8/h1-15H;2-5H2,1H3,(H,6,7,8)/q+1;/p-1. The van der Waals surface area contributed by atoms with Crippen LogP contribution in [0.25, 0.3) is 0 Å². The Morgan fingerprint density at radius 2 is 1.04 bits per heavy atom. The first-order valence-electron chi connectivity index (χ1n) is 9.34. The molecule has 0 saturated heterocycles. The monoisotopic (exact) mass is 414 g/mol. The van der Waals surface area contributed by atoms with Gasteiger partial charge in [-0.25, -0.2) is 8.42 Å². The summed E-state index contributed by atoms with van der Waals surface area (Å²) in [6.07, 6.45) is 2.26.